The minimum atomic E-state index is -3.94. The van der Waals surface area contributed by atoms with E-state index in [2.05, 4.69) is 19.7 Å². The third kappa shape index (κ3) is 3.87. The monoisotopic (exact) mass is 429 g/mol. The lowest BCUT2D eigenvalue weighted by molar-refractivity contribution is 0.297. The van der Waals surface area contributed by atoms with Crippen molar-refractivity contribution in [3.63, 3.8) is 0 Å². The van der Waals surface area contributed by atoms with E-state index in [1.807, 2.05) is 6.07 Å². The predicted molar refractivity (Wildman–Crippen MR) is 109 cm³/mol. The van der Waals surface area contributed by atoms with Crippen LogP contribution in [0.25, 0.3) is 5.65 Å². The maximum absolute atomic E-state index is 13.1. The van der Waals surface area contributed by atoms with Crippen LogP contribution in [0.3, 0.4) is 0 Å². The smallest absolute Gasteiger partial charge is 0.263 e. The van der Waals surface area contributed by atoms with E-state index < -0.39 is 10.0 Å². The second-order valence-electron chi connectivity index (χ2n) is 6.19. The van der Waals surface area contributed by atoms with Crippen LogP contribution in [0.2, 0.25) is 5.02 Å². The van der Waals surface area contributed by atoms with Gasteiger partial charge in [0.15, 0.2) is 11.5 Å². The normalized spacial score (nSPS) is 11.5. The number of anilines is 1. The zero-order valence-electron chi connectivity index (χ0n) is 15.3. The summed E-state index contributed by atoms with van der Waals surface area (Å²) in [5, 5.41) is 0.364. The largest absolute Gasteiger partial charge is 0.470 e. The first-order chi connectivity index (χ1) is 14.0. The molecule has 8 nitrogen and oxygen atoms in total. The van der Waals surface area contributed by atoms with Gasteiger partial charge in [-0.1, -0.05) is 23.7 Å². The maximum Gasteiger partial charge on any atom is 0.263 e. The number of fused-ring (bicyclic) bond motifs is 1. The Hall–Kier alpha value is -3.17. The van der Waals surface area contributed by atoms with Gasteiger partial charge in [-0.3, -0.25) is 19.1 Å². The summed E-state index contributed by atoms with van der Waals surface area (Å²) in [5.41, 5.74) is 1.71. The van der Waals surface area contributed by atoms with E-state index in [9.17, 15) is 8.42 Å². The van der Waals surface area contributed by atoms with Crippen molar-refractivity contribution in [2.75, 3.05) is 4.72 Å². The summed E-state index contributed by atoms with van der Waals surface area (Å²) < 4.78 is 36.0. The molecule has 0 fully saturated rings. The number of nitrogens with zero attached hydrogens (tertiary/aromatic N) is 4. The summed E-state index contributed by atoms with van der Waals surface area (Å²) in [6.45, 7) is 1.82. The number of imidazole rings is 1. The fourth-order valence-corrected chi connectivity index (χ4v) is 4.33. The van der Waals surface area contributed by atoms with Crippen LogP contribution in [0, 0.1) is 6.92 Å². The molecule has 4 rings (SSSR count). The van der Waals surface area contributed by atoms with E-state index in [1.165, 1.54) is 18.5 Å². The van der Waals surface area contributed by atoms with Crippen LogP contribution in [0.1, 0.15) is 11.1 Å². The van der Waals surface area contributed by atoms with Crippen molar-refractivity contribution in [2.45, 2.75) is 18.4 Å². The summed E-state index contributed by atoms with van der Waals surface area (Å²) in [5.74, 6) is 0.302. The molecule has 0 aliphatic rings. The van der Waals surface area contributed by atoms with Crippen molar-refractivity contribution >= 4 is 33.1 Å². The Balaban J connectivity index is 1.73. The number of rotatable bonds is 6. The fourth-order valence-electron chi connectivity index (χ4n) is 2.77. The minimum Gasteiger partial charge on any atom is -0.470 e. The first-order valence-corrected chi connectivity index (χ1v) is 10.4. The zero-order valence-corrected chi connectivity index (χ0v) is 16.9. The molecule has 0 atom stereocenters. The molecule has 0 saturated heterocycles. The molecule has 0 saturated carbocycles. The first kappa shape index (κ1) is 19.2. The van der Waals surface area contributed by atoms with Crippen molar-refractivity contribution in [1.82, 2.24) is 19.4 Å². The van der Waals surface area contributed by atoms with Gasteiger partial charge in [0.05, 0.1) is 11.1 Å². The van der Waals surface area contributed by atoms with E-state index in [0.717, 1.165) is 5.56 Å². The molecular weight excluding hydrogens is 414 g/mol. The van der Waals surface area contributed by atoms with Crippen molar-refractivity contribution < 1.29 is 13.2 Å². The highest BCUT2D eigenvalue weighted by atomic mass is 35.5. The third-order valence-corrected chi connectivity index (χ3v) is 6.13. The zero-order chi connectivity index (χ0) is 20.4. The molecule has 3 aromatic heterocycles. The van der Waals surface area contributed by atoms with Crippen LogP contribution in [-0.4, -0.2) is 27.8 Å². The number of nitrogens with one attached hydrogen (secondary N) is 1. The molecule has 0 unspecified atom stereocenters. The van der Waals surface area contributed by atoms with Crippen molar-refractivity contribution in [3.8, 4) is 5.88 Å². The summed E-state index contributed by atoms with van der Waals surface area (Å²) in [7, 11) is -3.94. The first-order valence-electron chi connectivity index (χ1n) is 8.57. The number of hydrogen-bond donors (Lipinski definition) is 1. The molecule has 0 radical (unpaired) electrons. The molecule has 1 aromatic carbocycles. The quantitative estimate of drug-likeness (QED) is 0.504. The lowest BCUT2D eigenvalue weighted by Gasteiger charge is -2.12. The van der Waals surface area contributed by atoms with Crippen molar-refractivity contribution in [2.24, 2.45) is 0 Å². The molecule has 0 amide bonds. The molecular formula is C19H16ClN5O3S. The molecule has 10 heteroatoms. The molecule has 0 spiro atoms. The average molecular weight is 430 g/mol. The van der Waals surface area contributed by atoms with Crippen LogP contribution >= 0.6 is 11.6 Å². The van der Waals surface area contributed by atoms with Gasteiger partial charge in [0, 0.05) is 35.4 Å². The van der Waals surface area contributed by atoms with Gasteiger partial charge in [-0.15, -0.1) is 0 Å². The highest BCUT2D eigenvalue weighted by Crippen LogP contribution is 2.30. The Bertz CT molecular complexity index is 1280. The van der Waals surface area contributed by atoms with Crippen molar-refractivity contribution in [1.29, 1.82) is 0 Å². The maximum atomic E-state index is 13.1. The van der Waals surface area contributed by atoms with Crippen LogP contribution in [-0.2, 0) is 16.6 Å². The van der Waals surface area contributed by atoms with Gasteiger partial charge >= 0.3 is 0 Å². The van der Waals surface area contributed by atoms with E-state index in [1.54, 1.807) is 48.1 Å². The Morgan fingerprint density at radius 3 is 2.76 bits per heavy atom. The summed E-state index contributed by atoms with van der Waals surface area (Å²) in [6.07, 6.45) is 7.97. The standard InChI is InChI=1S/C19H16ClN5O3S/c1-13-15(20)5-2-6-16(13)29(26,27)24-18-19(23-17-11-22-8-9-25(17)18)28-12-14-4-3-7-21-10-14/h2-11,24H,12H2,1H3. The molecule has 0 aliphatic heterocycles. The number of benzene rings is 1. The van der Waals surface area contributed by atoms with Gasteiger partial charge < -0.3 is 4.74 Å². The number of halogens is 1. The Labute approximate surface area is 172 Å². The van der Waals surface area contributed by atoms with Gasteiger partial charge in [-0.05, 0) is 30.7 Å². The highest BCUT2D eigenvalue weighted by Gasteiger charge is 2.23. The van der Waals surface area contributed by atoms with Crippen molar-refractivity contribution in [3.05, 3.63) is 77.5 Å². The highest BCUT2D eigenvalue weighted by molar-refractivity contribution is 7.92. The Morgan fingerprint density at radius 1 is 1.14 bits per heavy atom. The summed E-state index contributed by atoms with van der Waals surface area (Å²) in [6, 6.07) is 8.35. The number of hydrogen-bond acceptors (Lipinski definition) is 6. The van der Waals surface area contributed by atoms with Gasteiger partial charge in [-0.25, -0.2) is 8.42 Å². The third-order valence-electron chi connectivity index (χ3n) is 4.24. The Kier molecular flexibility index (Phi) is 5.08. The summed E-state index contributed by atoms with van der Waals surface area (Å²) in [4.78, 5) is 12.5. The topological polar surface area (TPSA) is 98.5 Å². The Morgan fingerprint density at radius 2 is 1.97 bits per heavy atom. The molecule has 148 valence electrons. The minimum absolute atomic E-state index is 0.0761. The molecule has 3 heterocycles. The lowest BCUT2D eigenvalue weighted by atomic mass is 10.2. The second-order valence-corrected chi connectivity index (χ2v) is 8.25. The average Bonchev–Trinajstić information content (AvgIpc) is 3.06. The van der Waals surface area contributed by atoms with Gasteiger partial charge in [0.25, 0.3) is 15.9 Å². The number of sulfonamides is 1. The van der Waals surface area contributed by atoms with Gasteiger partial charge in [0.1, 0.15) is 6.61 Å². The van der Waals surface area contributed by atoms with E-state index in [4.69, 9.17) is 16.3 Å². The lowest BCUT2D eigenvalue weighted by Crippen LogP contribution is -2.16. The molecule has 1 N–H and O–H groups in total. The fraction of sp³-hybridized carbons (Fsp3) is 0.105. The van der Waals surface area contributed by atoms with Gasteiger partial charge in [-0.2, -0.15) is 4.98 Å². The van der Waals surface area contributed by atoms with E-state index >= 15 is 0 Å². The number of pyridine rings is 1. The summed E-state index contributed by atoms with van der Waals surface area (Å²) >= 11 is 6.10. The number of ether oxygens (including phenoxy) is 1. The van der Waals surface area contributed by atoms with Crippen LogP contribution in [0.15, 0.2) is 66.2 Å². The molecule has 0 bridgehead atoms. The van der Waals surface area contributed by atoms with Crippen LogP contribution in [0.4, 0.5) is 5.82 Å². The van der Waals surface area contributed by atoms with E-state index in [-0.39, 0.29) is 23.2 Å². The van der Waals surface area contributed by atoms with Crippen LogP contribution in [0.5, 0.6) is 5.88 Å². The second kappa shape index (κ2) is 7.69. The van der Waals surface area contributed by atoms with E-state index in [0.29, 0.717) is 16.2 Å². The predicted octanol–water partition coefficient (Wildman–Crippen LogP) is 3.47. The van der Waals surface area contributed by atoms with Gasteiger partial charge in [0.2, 0.25) is 0 Å². The molecule has 4 aromatic rings. The molecule has 0 aliphatic carbocycles. The molecule has 29 heavy (non-hydrogen) atoms. The SMILES string of the molecule is Cc1c(Cl)cccc1S(=O)(=O)Nc1c(OCc2cccnc2)nc2cnccn12. The van der Waals surface area contributed by atoms with Crippen LogP contribution < -0.4 is 9.46 Å². The number of aromatic nitrogens is 4.